The zero-order valence-electron chi connectivity index (χ0n) is 13.4. The lowest BCUT2D eigenvalue weighted by molar-refractivity contribution is 0.107. The molecule has 0 unspecified atom stereocenters. The van der Waals surface area contributed by atoms with Crippen LogP contribution in [-0.4, -0.2) is 26.0 Å². The van der Waals surface area contributed by atoms with Crippen LogP contribution in [0.5, 0.6) is 5.75 Å². The average Bonchev–Trinajstić information content (AvgIpc) is 2.63. The van der Waals surface area contributed by atoms with E-state index in [1.54, 1.807) is 7.11 Å². The molecule has 23 heavy (non-hydrogen) atoms. The Morgan fingerprint density at radius 1 is 1.04 bits per heavy atom. The van der Waals surface area contributed by atoms with Crippen LogP contribution in [0.2, 0.25) is 0 Å². The highest BCUT2D eigenvalue weighted by atomic mass is 16.5. The van der Waals surface area contributed by atoms with Gasteiger partial charge >= 0.3 is 0 Å². The normalized spacial score (nSPS) is 14.0. The van der Waals surface area contributed by atoms with Crippen LogP contribution in [-0.2, 0) is 18.0 Å². The number of hydrogen-bond donors (Lipinski definition) is 1. The SMILES string of the molecule is COc1ccc(COCc2cccc(C3=NCCCN3)c2)cc1. The van der Waals surface area contributed by atoms with Crippen LogP contribution in [0, 0.1) is 0 Å². The number of benzene rings is 2. The molecule has 0 radical (unpaired) electrons. The molecule has 4 heteroatoms. The second-order valence-electron chi connectivity index (χ2n) is 5.55. The van der Waals surface area contributed by atoms with Crippen molar-refractivity contribution in [3.8, 4) is 5.75 Å². The summed E-state index contributed by atoms with van der Waals surface area (Å²) in [6.07, 6.45) is 1.11. The number of methoxy groups -OCH3 is 1. The molecule has 0 spiro atoms. The molecule has 0 saturated carbocycles. The second kappa shape index (κ2) is 7.79. The van der Waals surface area contributed by atoms with E-state index in [0.29, 0.717) is 13.2 Å². The molecule has 1 heterocycles. The molecule has 0 fully saturated rings. The van der Waals surface area contributed by atoms with Gasteiger partial charge in [-0.1, -0.05) is 30.3 Å². The first-order valence-corrected chi connectivity index (χ1v) is 7.93. The topological polar surface area (TPSA) is 42.9 Å². The first kappa shape index (κ1) is 15.6. The largest absolute Gasteiger partial charge is 0.497 e. The summed E-state index contributed by atoms with van der Waals surface area (Å²) in [5.74, 6) is 1.86. The Balaban J connectivity index is 1.56. The quantitative estimate of drug-likeness (QED) is 0.891. The predicted octanol–water partition coefficient (Wildman–Crippen LogP) is 3.15. The maximum absolute atomic E-state index is 5.82. The molecule has 120 valence electrons. The van der Waals surface area contributed by atoms with E-state index in [1.165, 1.54) is 0 Å². The summed E-state index contributed by atoms with van der Waals surface area (Å²) in [5, 5.41) is 3.35. The van der Waals surface area contributed by atoms with Crippen molar-refractivity contribution in [1.29, 1.82) is 0 Å². The van der Waals surface area contributed by atoms with Crippen molar-refractivity contribution < 1.29 is 9.47 Å². The lowest BCUT2D eigenvalue weighted by atomic mass is 10.1. The molecule has 0 saturated heterocycles. The molecule has 1 aliphatic rings. The number of aliphatic imine (C=N–C) groups is 1. The summed E-state index contributed by atoms with van der Waals surface area (Å²) >= 11 is 0. The molecule has 1 aliphatic heterocycles. The summed E-state index contributed by atoms with van der Waals surface area (Å²) in [4.78, 5) is 4.54. The van der Waals surface area contributed by atoms with E-state index in [4.69, 9.17) is 9.47 Å². The van der Waals surface area contributed by atoms with Gasteiger partial charge in [-0.3, -0.25) is 4.99 Å². The van der Waals surface area contributed by atoms with Gasteiger partial charge in [0.15, 0.2) is 0 Å². The van der Waals surface area contributed by atoms with Crippen LogP contribution in [0.15, 0.2) is 53.5 Å². The van der Waals surface area contributed by atoms with Gasteiger partial charge in [0, 0.05) is 18.7 Å². The third-order valence-electron chi connectivity index (χ3n) is 3.79. The number of nitrogens with zero attached hydrogens (tertiary/aromatic N) is 1. The highest BCUT2D eigenvalue weighted by molar-refractivity contribution is 5.99. The standard InChI is InChI=1S/C19H22N2O2/c1-22-18-8-6-15(7-9-18)13-23-14-16-4-2-5-17(12-16)19-20-10-3-11-21-19/h2,4-9,12H,3,10-11,13-14H2,1H3,(H,20,21). The van der Waals surface area contributed by atoms with Gasteiger partial charge in [-0.25, -0.2) is 0 Å². The average molecular weight is 310 g/mol. The number of hydrogen-bond acceptors (Lipinski definition) is 4. The molecule has 3 rings (SSSR count). The van der Waals surface area contributed by atoms with Gasteiger partial charge in [-0.15, -0.1) is 0 Å². The summed E-state index contributed by atoms with van der Waals surface area (Å²) < 4.78 is 11.0. The van der Waals surface area contributed by atoms with Crippen molar-refractivity contribution in [1.82, 2.24) is 5.32 Å². The van der Waals surface area contributed by atoms with E-state index in [0.717, 1.165) is 47.8 Å². The molecule has 2 aromatic carbocycles. The summed E-state index contributed by atoms with van der Waals surface area (Å²) in [7, 11) is 1.67. The first-order valence-electron chi connectivity index (χ1n) is 7.93. The maximum Gasteiger partial charge on any atom is 0.128 e. The van der Waals surface area contributed by atoms with Crippen LogP contribution in [0.1, 0.15) is 23.1 Å². The van der Waals surface area contributed by atoms with E-state index in [1.807, 2.05) is 24.3 Å². The Hall–Kier alpha value is -2.33. The van der Waals surface area contributed by atoms with Crippen LogP contribution < -0.4 is 10.1 Å². The van der Waals surface area contributed by atoms with E-state index in [-0.39, 0.29) is 0 Å². The Labute approximate surface area is 137 Å². The summed E-state index contributed by atoms with van der Waals surface area (Å²) in [6.45, 7) is 3.08. The smallest absolute Gasteiger partial charge is 0.128 e. The fraction of sp³-hybridized carbons (Fsp3) is 0.316. The van der Waals surface area contributed by atoms with Crippen LogP contribution >= 0.6 is 0 Å². The summed E-state index contributed by atoms with van der Waals surface area (Å²) in [5.41, 5.74) is 3.43. The Morgan fingerprint density at radius 3 is 2.61 bits per heavy atom. The molecule has 2 aromatic rings. The van der Waals surface area contributed by atoms with Gasteiger partial charge in [0.25, 0.3) is 0 Å². The van der Waals surface area contributed by atoms with Gasteiger partial charge in [0.05, 0.1) is 20.3 Å². The number of amidine groups is 1. The molecule has 4 nitrogen and oxygen atoms in total. The first-order chi connectivity index (χ1) is 11.3. The number of nitrogens with one attached hydrogen (secondary N) is 1. The minimum atomic E-state index is 0.590. The van der Waals surface area contributed by atoms with Gasteiger partial charge in [-0.2, -0.15) is 0 Å². The van der Waals surface area contributed by atoms with E-state index >= 15 is 0 Å². The number of ether oxygens (including phenoxy) is 2. The Morgan fingerprint density at radius 2 is 1.87 bits per heavy atom. The minimum Gasteiger partial charge on any atom is -0.497 e. The summed E-state index contributed by atoms with van der Waals surface area (Å²) in [6, 6.07) is 16.3. The fourth-order valence-electron chi connectivity index (χ4n) is 2.54. The van der Waals surface area contributed by atoms with Crippen molar-refractivity contribution in [3.63, 3.8) is 0 Å². The zero-order valence-corrected chi connectivity index (χ0v) is 13.4. The maximum atomic E-state index is 5.82. The lowest BCUT2D eigenvalue weighted by Gasteiger charge is -2.15. The molecule has 1 N–H and O–H groups in total. The van der Waals surface area contributed by atoms with E-state index in [9.17, 15) is 0 Å². The minimum absolute atomic E-state index is 0.590. The van der Waals surface area contributed by atoms with Crippen LogP contribution in [0.4, 0.5) is 0 Å². The van der Waals surface area contributed by atoms with Crippen LogP contribution in [0.25, 0.3) is 0 Å². The highest BCUT2D eigenvalue weighted by Gasteiger charge is 2.07. The van der Waals surface area contributed by atoms with E-state index in [2.05, 4.69) is 34.6 Å². The molecule has 0 atom stereocenters. The highest BCUT2D eigenvalue weighted by Crippen LogP contribution is 2.13. The third-order valence-corrected chi connectivity index (χ3v) is 3.79. The molecule has 0 amide bonds. The zero-order chi connectivity index (χ0) is 15.9. The van der Waals surface area contributed by atoms with Gasteiger partial charge in [0.2, 0.25) is 0 Å². The van der Waals surface area contributed by atoms with Crippen LogP contribution in [0.3, 0.4) is 0 Å². The Kier molecular flexibility index (Phi) is 5.27. The molecule has 0 aliphatic carbocycles. The molecular formula is C19H22N2O2. The second-order valence-corrected chi connectivity index (χ2v) is 5.55. The van der Waals surface area contributed by atoms with Crippen molar-refractivity contribution >= 4 is 5.84 Å². The van der Waals surface area contributed by atoms with Gasteiger partial charge in [0.1, 0.15) is 11.6 Å². The fourth-order valence-corrected chi connectivity index (χ4v) is 2.54. The van der Waals surface area contributed by atoms with E-state index < -0.39 is 0 Å². The Bertz CT molecular complexity index is 665. The van der Waals surface area contributed by atoms with Gasteiger partial charge < -0.3 is 14.8 Å². The van der Waals surface area contributed by atoms with Crippen molar-refractivity contribution in [2.45, 2.75) is 19.6 Å². The molecular weight excluding hydrogens is 288 g/mol. The molecule has 0 aromatic heterocycles. The lowest BCUT2D eigenvalue weighted by Crippen LogP contribution is -2.30. The monoisotopic (exact) mass is 310 g/mol. The predicted molar refractivity (Wildman–Crippen MR) is 92.0 cm³/mol. The van der Waals surface area contributed by atoms with Crippen molar-refractivity contribution in [3.05, 3.63) is 65.2 Å². The third kappa shape index (κ3) is 4.33. The van der Waals surface area contributed by atoms with Gasteiger partial charge in [-0.05, 0) is 35.7 Å². The number of rotatable bonds is 6. The van der Waals surface area contributed by atoms with Crippen molar-refractivity contribution in [2.24, 2.45) is 4.99 Å². The van der Waals surface area contributed by atoms with Crippen molar-refractivity contribution in [2.75, 3.05) is 20.2 Å². The molecule has 0 bridgehead atoms.